The van der Waals surface area contributed by atoms with Crippen LogP contribution in [0.5, 0.6) is 0 Å². The van der Waals surface area contributed by atoms with E-state index in [0.717, 1.165) is 6.54 Å². The van der Waals surface area contributed by atoms with E-state index in [9.17, 15) is 4.79 Å². The highest BCUT2D eigenvalue weighted by molar-refractivity contribution is 5.76. The lowest BCUT2D eigenvalue weighted by Crippen LogP contribution is -2.30. The summed E-state index contributed by atoms with van der Waals surface area (Å²) in [6, 6.07) is 0.399. The maximum Gasteiger partial charge on any atom is 0.317 e. The molecular formula is C7H14N2O. The van der Waals surface area contributed by atoms with E-state index < -0.39 is 0 Å². The van der Waals surface area contributed by atoms with E-state index >= 15 is 0 Å². The Bertz CT molecular complexity index is 145. The van der Waals surface area contributed by atoms with Crippen LogP contribution in [0.15, 0.2) is 0 Å². The fraction of sp³-hybridized carbons (Fsp3) is 0.857. The van der Waals surface area contributed by atoms with Gasteiger partial charge in [0.1, 0.15) is 0 Å². The molecule has 0 bridgehead atoms. The van der Waals surface area contributed by atoms with E-state index in [0.29, 0.717) is 12.0 Å². The number of carbonyl (C=O) groups is 1. The highest BCUT2D eigenvalue weighted by Crippen LogP contribution is 2.08. The predicted octanol–water partition coefficient (Wildman–Crippen LogP) is 0.666. The molecule has 1 N–H and O–H groups in total. The largest absolute Gasteiger partial charge is 0.333 e. The Morgan fingerprint density at radius 3 is 2.50 bits per heavy atom. The summed E-state index contributed by atoms with van der Waals surface area (Å²) in [5.74, 6) is 0.536. The second kappa shape index (κ2) is 2.48. The summed E-state index contributed by atoms with van der Waals surface area (Å²) in [4.78, 5) is 12.6. The summed E-state index contributed by atoms with van der Waals surface area (Å²) in [5, 5.41) is 2.89. The molecule has 0 saturated carbocycles. The molecular weight excluding hydrogens is 128 g/mol. The third-order valence-corrected chi connectivity index (χ3v) is 1.93. The fourth-order valence-corrected chi connectivity index (χ4v) is 1.07. The Morgan fingerprint density at radius 1 is 1.70 bits per heavy atom. The van der Waals surface area contributed by atoms with Crippen LogP contribution in [-0.4, -0.2) is 30.6 Å². The number of hydrogen-bond acceptors (Lipinski definition) is 1. The molecule has 1 aliphatic rings. The molecule has 0 aromatic rings. The second-order valence-corrected chi connectivity index (χ2v) is 3.18. The highest BCUT2D eigenvalue weighted by atomic mass is 16.2. The molecule has 0 aromatic heterocycles. The van der Waals surface area contributed by atoms with Gasteiger partial charge in [-0.05, 0) is 5.92 Å². The molecule has 0 radical (unpaired) electrons. The number of nitrogens with zero attached hydrogens (tertiary/aromatic N) is 1. The molecule has 1 saturated heterocycles. The summed E-state index contributed by atoms with van der Waals surface area (Å²) in [6.45, 7) is 5.07. The zero-order valence-corrected chi connectivity index (χ0v) is 6.72. The van der Waals surface area contributed by atoms with E-state index in [2.05, 4.69) is 19.2 Å². The topological polar surface area (TPSA) is 32.3 Å². The molecule has 0 unspecified atom stereocenters. The summed E-state index contributed by atoms with van der Waals surface area (Å²) in [7, 11) is 1.82. The normalized spacial score (nSPS) is 25.8. The van der Waals surface area contributed by atoms with Crippen LogP contribution in [0, 0.1) is 5.92 Å². The van der Waals surface area contributed by atoms with Crippen molar-refractivity contribution in [2.75, 3.05) is 13.6 Å². The van der Waals surface area contributed by atoms with Gasteiger partial charge in [-0.2, -0.15) is 0 Å². The average molecular weight is 142 g/mol. The summed E-state index contributed by atoms with van der Waals surface area (Å²) < 4.78 is 0. The van der Waals surface area contributed by atoms with Crippen LogP contribution in [0.2, 0.25) is 0 Å². The van der Waals surface area contributed by atoms with Crippen molar-refractivity contribution in [1.29, 1.82) is 0 Å². The minimum absolute atomic E-state index is 0.0544. The van der Waals surface area contributed by atoms with Gasteiger partial charge in [-0.3, -0.25) is 0 Å². The first kappa shape index (κ1) is 7.38. The Hall–Kier alpha value is -0.730. The maximum atomic E-state index is 10.9. The van der Waals surface area contributed by atoms with Crippen molar-refractivity contribution in [1.82, 2.24) is 10.2 Å². The van der Waals surface area contributed by atoms with Gasteiger partial charge in [-0.1, -0.05) is 13.8 Å². The van der Waals surface area contributed by atoms with Crippen molar-refractivity contribution in [3.05, 3.63) is 0 Å². The van der Waals surface area contributed by atoms with Crippen LogP contribution < -0.4 is 5.32 Å². The third kappa shape index (κ3) is 1.23. The number of urea groups is 1. The molecule has 1 aliphatic heterocycles. The molecule has 58 valence electrons. The second-order valence-electron chi connectivity index (χ2n) is 3.18. The molecule has 1 rings (SSSR count). The molecule has 0 aliphatic carbocycles. The van der Waals surface area contributed by atoms with Crippen molar-refractivity contribution in [2.45, 2.75) is 19.9 Å². The van der Waals surface area contributed by atoms with Crippen LogP contribution in [0.3, 0.4) is 0 Å². The molecule has 3 heteroatoms. The zero-order valence-electron chi connectivity index (χ0n) is 6.72. The maximum absolute atomic E-state index is 10.9. The van der Waals surface area contributed by atoms with E-state index in [1.54, 1.807) is 4.90 Å². The van der Waals surface area contributed by atoms with Gasteiger partial charge in [0.2, 0.25) is 0 Å². The predicted molar refractivity (Wildman–Crippen MR) is 39.8 cm³/mol. The Kier molecular flexibility index (Phi) is 1.83. The van der Waals surface area contributed by atoms with Crippen LogP contribution >= 0.6 is 0 Å². The van der Waals surface area contributed by atoms with Crippen molar-refractivity contribution in [3.8, 4) is 0 Å². The van der Waals surface area contributed by atoms with Crippen LogP contribution in [0.25, 0.3) is 0 Å². The first-order valence-electron chi connectivity index (χ1n) is 3.63. The third-order valence-electron chi connectivity index (χ3n) is 1.93. The van der Waals surface area contributed by atoms with Gasteiger partial charge < -0.3 is 10.2 Å². The number of amides is 2. The Morgan fingerprint density at radius 2 is 2.30 bits per heavy atom. The molecule has 10 heavy (non-hydrogen) atoms. The van der Waals surface area contributed by atoms with Gasteiger partial charge in [0.15, 0.2) is 0 Å². The fourth-order valence-electron chi connectivity index (χ4n) is 1.07. The number of hydrogen-bond donors (Lipinski definition) is 1. The van der Waals surface area contributed by atoms with E-state index in [1.807, 2.05) is 7.05 Å². The van der Waals surface area contributed by atoms with Crippen molar-refractivity contribution in [2.24, 2.45) is 5.92 Å². The summed E-state index contributed by atoms with van der Waals surface area (Å²) in [6.07, 6.45) is 0. The van der Waals surface area contributed by atoms with Gasteiger partial charge in [0.25, 0.3) is 0 Å². The Balaban J connectivity index is 2.49. The quantitative estimate of drug-likeness (QED) is 0.573. The Labute approximate surface area is 61.4 Å². The molecule has 1 fully saturated rings. The van der Waals surface area contributed by atoms with Crippen molar-refractivity contribution >= 4 is 6.03 Å². The average Bonchev–Trinajstić information content (AvgIpc) is 2.13. The molecule has 1 atom stereocenters. The SMILES string of the molecule is CC(C)[C@H]1CN(C)C(=O)N1. The lowest BCUT2D eigenvalue weighted by molar-refractivity contribution is 0.226. The van der Waals surface area contributed by atoms with Crippen LogP contribution in [0.1, 0.15) is 13.8 Å². The van der Waals surface area contributed by atoms with Crippen LogP contribution in [-0.2, 0) is 0 Å². The van der Waals surface area contributed by atoms with Crippen LogP contribution in [0.4, 0.5) is 4.79 Å². The first-order chi connectivity index (χ1) is 4.61. The molecule has 0 aromatic carbocycles. The highest BCUT2D eigenvalue weighted by Gasteiger charge is 2.27. The van der Waals surface area contributed by atoms with E-state index in [4.69, 9.17) is 0 Å². The molecule has 0 spiro atoms. The summed E-state index contributed by atoms with van der Waals surface area (Å²) in [5.41, 5.74) is 0. The van der Waals surface area contributed by atoms with Crippen molar-refractivity contribution < 1.29 is 4.79 Å². The lowest BCUT2D eigenvalue weighted by Gasteiger charge is -2.12. The smallest absolute Gasteiger partial charge is 0.317 e. The monoisotopic (exact) mass is 142 g/mol. The number of carbonyl (C=O) groups excluding carboxylic acids is 1. The van der Waals surface area contributed by atoms with E-state index in [-0.39, 0.29) is 6.03 Å². The molecule has 3 nitrogen and oxygen atoms in total. The standard InChI is InChI=1S/C7H14N2O/c1-5(2)6-4-9(3)7(10)8-6/h5-6H,4H2,1-3H3,(H,8,10)/t6-/m1/s1. The zero-order chi connectivity index (χ0) is 7.72. The minimum atomic E-state index is 0.0544. The summed E-state index contributed by atoms with van der Waals surface area (Å²) >= 11 is 0. The lowest BCUT2D eigenvalue weighted by atomic mass is 10.1. The van der Waals surface area contributed by atoms with Gasteiger partial charge in [0, 0.05) is 13.6 Å². The molecule has 2 amide bonds. The number of rotatable bonds is 1. The van der Waals surface area contributed by atoms with Gasteiger partial charge in [-0.15, -0.1) is 0 Å². The van der Waals surface area contributed by atoms with Gasteiger partial charge >= 0.3 is 6.03 Å². The minimum Gasteiger partial charge on any atom is -0.333 e. The number of likely N-dealkylation sites (N-methyl/N-ethyl adjacent to an activating group) is 1. The molecule has 1 heterocycles. The van der Waals surface area contributed by atoms with Gasteiger partial charge in [0.05, 0.1) is 6.04 Å². The first-order valence-corrected chi connectivity index (χ1v) is 3.63. The number of nitrogens with one attached hydrogen (secondary N) is 1. The van der Waals surface area contributed by atoms with Gasteiger partial charge in [-0.25, -0.2) is 4.79 Å². The van der Waals surface area contributed by atoms with Crippen molar-refractivity contribution in [3.63, 3.8) is 0 Å². The van der Waals surface area contributed by atoms with E-state index in [1.165, 1.54) is 0 Å².